The Kier molecular flexibility index (Phi) is 5.73. The summed E-state index contributed by atoms with van der Waals surface area (Å²) in [6, 6.07) is 13.0. The molecule has 2 heterocycles. The van der Waals surface area contributed by atoms with E-state index in [1.165, 1.54) is 32.7 Å². The fourth-order valence-corrected chi connectivity index (χ4v) is 4.07. The first-order valence-electron chi connectivity index (χ1n) is 9.47. The quantitative estimate of drug-likeness (QED) is 0.463. The van der Waals surface area contributed by atoms with E-state index in [9.17, 15) is 10.2 Å². The van der Waals surface area contributed by atoms with Gasteiger partial charge in [0.1, 0.15) is 0 Å². The molecule has 0 saturated heterocycles. The molecular formula is C22H28ClN3O2. The summed E-state index contributed by atoms with van der Waals surface area (Å²) < 4.78 is 4.56. The number of halogens is 1. The standard InChI is InChI=1S/C22H27N3O2.ClH/c1-4-25-18-8-6-5-7-17(18)20-19(25)10-9-16-15(12-24(3)21(16)20)11-23-22(2,13-26)14-27;/h5-10,12,23,26-27H,4,11,13-14H2,1-3H3;1H. The Bertz CT molecular complexity index is 1130. The van der Waals surface area contributed by atoms with Crippen LogP contribution in [0.2, 0.25) is 0 Å². The molecule has 0 spiro atoms. The lowest BCUT2D eigenvalue weighted by atomic mass is 10.0. The van der Waals surface area contributed by atoms with Crippen molar-refractivity contribution < 1.29 is 10.2 Å². The van der Waals surface area contributed by atoms with E-state index >= 15 is 0 Å². The summed E-state index contributed by atoms with van der Waals surface area (Å²) in [4.78, 5) is 0. The van der Waals surface area contributed by atoms with E-state index in [0.29, 0.717) is 6.54 Å². The molecule has 0 fully saturated rings. The van der Waals surface area contributed by atoms with E-state index in [0.717, 1.165) is 12.1 Å². The molecule has 0 aliphatic heterocycles. The van der Waals surface area contributed by atoms with E-state index in [2.05, 4.69) is 71.0 Å². The molecule has 4 rings (SSSR count). The zero-order valence-electron chi connectivity index (χ0n) is 16.6. The third kappa shape index (κ3) is 3.08. The van der Waals surface area contributed by atoms with Crippen molar-refractivity contribution in [3.8, 4) is 0 Å². The highest BCUT2D eigenvalue weighted by Crippen LogP contribution is 2.36. The molecule has 0 aliphatic carbocycles. The third-order valence-electron chi connectivity index (χ3n) is 5.68. The van der Waals surface area contributed by atoms with Crippen molar-refractivity contribution in [2.45, 2.75) is 32.5 Å². The van der Waals surface area contributed by atoms with Gasteiger partial charge in [0, 0.05) is 48.0 Å². The maximum atomic E-state index is 9.54. The highest BCUT2D eigenvalue weighted by molar-refractivity contribution is 6.20. The number of benzene rings is 2. The number of hydrogen-bond acceptors (Lipinski definition) is 3. The second-order valence-corrected chi connectivity index (χ2v) is 7.61. The van der Waals surface area contributed by atoms with Gasteiger partial charge in [-0.05, 0) is 31.5 Å². The Morgan fingerprint density at radius 2 is 1.71 bits per heavy atom. The zero-order valence-corrected chi connectivity index (χ0v) is 17.4. The van der Waals surface area contributed by atoms with Gasteiger partial charge in [-0.2, -0.15) is 0 Å². The zero-order chi connectivity index (χ0) is 19.2. The summed E-state index contributed by atoms with van der Waals surface area (Å²) in [5.74, 6) is 0. The van der Waals surface area contributed by atoms with Crippen molar-refractivity contribution >= 4 is 45.1 Å². The average Bonchev–Trinajstić information content (AvgIpc) is 3.20. The molecule has 4 aromatic rings. The Balaban J connectivity index is 0.00000225. The first-order chi connectivity index (χ1) is 13.0. The highest BCUT2D eigenvalue weighted by atomic mass is 35.5. The van der Waals surface area contributed by atoms with Gasteiger partial charge in [0.15, 0.2) is 0 Å². The number of fused-ring (bicyclic) bond motifs is 5. The molecule has 0 aliphatic rings. The maximum absolute atomic E-state index is 9.54. The maximum Gasteiger partial charge on any atom is 0.0633 e. The fraction of sp³-hybridized carbons (Fsp3) is 0.364. The van der Waals surface area contributed by atoms with Crippen LogP contribution in [-0.2, 0) is 20.1 Å². The van der Waals surface area contributed by atoms with Gasteiger partial charge in [0.2, 0.25) is 0 Å². The predicted octanol–water partition coefficient (Wildman–Crippen LogP) is 3.56. The van der Waals surface area contributed by atoms with E-state index in [-0.39, 0.29) is 25.6 Å². The van der Waals surface area contributed by atoms with Crippen molar-refractivity contribution in [3.05, 3.63) is 48.2 Å². The second kappa shape index (κ2) is 7.76. The molecule has 3 N–H and O–H groups in total. The van der Waals surface area contributed by atoms with Crippen LogP contribution in [0.25, 0.3) is 32.7 Å². The smallest absolute Gasteiger partial charge is 0.0633 e. The molecule has 0 radical (unpaired) electrons. The minimum Gasteiger partial charge on any atom is -0.394 e. The van der Waals surface area contributed by atoms with E-state index in [4.69, 9.17) is 0 Å². The number of hydrogen-bond donors (Lipinski definition) is 3. The third-order valence-corrected chi connectivity index (χ3v) is 5.68. The fourth-order valence-electron chi connectivity index (χ4n) is 4.07. The van der Waals surface area contributed by atoms with Crippen LogP contribution >= 0.6 is 12.4 Å². The molecule has 0 unspecified atom stereocenters. The molecule has 2 aromatic heterocycles. The highest BCUT2D eigenvalue weighted by Gasteiger charge is 2.22. The van der Waals surface area contributed by atoms with E-state index in [1.54, 1.807) is 0 Å². The average molecular weight is 402 g/mol. The Labute approximate surface area is 171 Å². The largest absolute Gasteiger partial charge is 0.394 e. The number of nitrogens with one attached hydrogen (secondary N) is 1. The van der Waals surface area contributed by atoms with Gasteiger partial charge in [-0.15, -0.1) is 12.4 Å². The van der Waals surface area contributed by atoms with Crippen LogP contribution < -0.4 is 5.32 Å². The number of aliphatic hydroxyl groups excluding tert-OH is 2. The molecule has 5 nitrogen and oxygen atoms in total. The number of aliphatic hydroxyl groups is 2. The molecule has 2 aromatic carbocycles. The minimum absolute atomic E-state index is 0. The van der Waals surface area contributed by atoms with Crippen molar-refractivity contribution in [2.24, 2.45) is 7.05 Å². The number of aromatic nitrogens is 2. The van der Waals surface area contributed by atoms with Crippen molar-refractivity contribution in [1.82, 2.24) is 14.5 Å². The van der Waals surface area contributed by atoms with Gasteiger partial charge in [-0.1, -0.05) is 24.3 Å². The first kappa shape index (κ1) is 20.7. The summed E-state index contributed by atoms with van der Waals surface area (Å²) >= 11 is 0. The summed E-state index contributed by atoms with van der Waals surface area (Å²) in [5, 5.41) is 26.1. The van der Waals surface area contributed by atoms with E-state index < -0.39 is 5.54 Å². The lowest BCUT2D eigenvalue weighted by molar-refractivity contribution is 0.103. The molecule has 0 bridgehead atoms. The lowest BCUT2D eigenvalue weighted by Crippen LogP contribution is -2.48. The molecule has 0 amide bonds. The normalized spacial score (nSPS) is 12.2. The minimum atomic E-state index is -0.690. The second-order valence-electron chi connectivity index (χ2n) is 7.61. The van der Waals surface area contributed by atoms with Crippen molar-refractivity contribution in [2.75, 3.05) is 13.2 Å². The van der Waals surface area contributed by atoms with Gasteiger partial charge in [-0.25, -0.2) is 0 Å². The Morgan fingerprint density at radius 3 is 2.39 bits per heavy atom. The van der Waals surface area contributed by atoms with Crippen molar-refractivity contribution in [1.29, 1.82) is 0 Å². The Hall–Kier alpha value is -2.05. The van der Waals surface area contributed by atoms with Crippen LogP contribution in [0.15, 0.2) is 42.6 Å². The number of para-hydroxylation sites is 1. The number of nitrogens with zero attached hydrogens (tertiary/aromatic N) is 2. The van der Waals surface area contributed by atoms with Gasteiger partial charge < -0.3 is 24.7 Å². The summed E-state index contributed by atoms with van der Waals surface area (Å²) in [5.41, 5.74) is 4.21. The summed E-state index contributed by atoms with van der Waals surface area (Å²) in [6.45, 7) is 5.31. The molecule has 0 saturated carbocycles. The SMILES string of the molecule is CCn1c2ccccc2c2c3c(ccc21)c(CNC(C)(CO)CO)cn3C.Cl. The van der Waals surface area contributed by atoms with Gasteiger partial charge in [0.05, 0.1) is 29.8 Å². The van der Waals surface area contributed by atoms with Crippen LogP contribution in [0.5, 0.6) is 0 Å². The van der Waals surface area contributed by atoms with Gasteiger partial charge in [-0.3, -0.25) is 0 Å². The molecule has 6 heteroatoms. The van der Waals surface area contributed by atoms with Gasteiger partial charge in [0.25, 0.3) is 0 Å². The molecular weight excluding hydrogens is 374 g/mol. The Morgan fingerprint density at radius 1 is 1.00 bits per heavy atom. The monoisotopic (exact) mass is 401 g/mol. The number of rotatable bonds is 6. The van der Waals surface area contributed by atoms with Crippen molar-refractivity contribution in [3.63, 3.8) is 0 Å². The summed E-state index contributed by atoms with van der Waals surface area (Å²) in [7, 11) is 2.08. The van der Waals surface area contributed by atoms with Crippen LogP contribution in [0.4, 0.5) is 0 Å². The lowest BCUT2D eigenvalue weighted by Gasteiger charge is -2.26. The topological polar surface area (TPSA) is 62.4 Å². The molecule has 0 atom stereocenters. The molecule has 28 heavy (non-hydrogen) atoms. The van der Waals surface area contributed by atoms with E-state index in [1.807, 2.05) is 6.92 Å². The molecule has 150 valence electrons. The number of aryl methyl sites for hydroxylation is 2. The van der Waals surface area contributed by atoms with Crippen LogP contribution in [0.1, 0.15) is 19.4 Å². The predicted molar refractivity (Wildman–Crippen MR) is 118 cm³/mol. The van der Waals surface area contributed by atoms with Crippen LogP contribution in [0, 0.1) is 0 Å². The summed E-state index contributed by atoms with van der Waals surface area (Å²) in [6.07, 6.45) is 2.14. The van der Waals surface area contributed by atoms with Gasteiger partial charge >= 0.3 is 0 Å². The van der Waals surface area contributed by atoms with Crippen LogP contribution in [-0.4, -0.2) is 38.1 Å². The first-order valence-corrected chi connectivity index (χ1v) is 9.47. The van der Waals surface area contributed by atoms with Crippen LogP contribution in [0.3, 0.4) is 0 Å².